The first kappa shape index (κ1) is 29.5. The van der Waals surface area contributed by atoms with Crippen molar-refractivity contribution >= 4 is 17.5 Å². The Morgan fingerprint density at radius 2 is 1.94 bits per heavy atom. The van der Waals surface area contributed by atoms with E-state index in [-0.39, 0.29) is 28.2 Å². The maximum absolute atomic E-state index is 12.8. The summed E-state index contributed by atoms with van der Waals surface area (Å²) in [6.07, 6.45) is 9.43. The summed E-state index contributed by atoms with van der Waals surface area (Å²) in [5, 5.41) is 8.44. The Hall–Kier alpha value is -3.49. The lowest BCUT2D eigenvalue weighted by atomic mass is 10.00. The summed E-state index contributed by atoms with van der Waals surface area (Å²) in [5.74, 6) is -0.260. The average Bonchev–Trinajstić information content (AvgIpc) is 2.86. The number of rotatable bonds is 9. The molecule has 0 aliphatic carbocycles. The van der Waals surface area contributed by atoms with Crippen LogP contribution in [-0.4, -0.2) is 29.4 Å². The minimum Gasteiger partial charge on any atom is -0.341 e. The van der Waals surface area contributed by atoms with Crippen LogP contribution in [-0.2, 0) is 4.79 Å². The third-order valence-electron chi connectivity index (χ3n) is 5.21. The summed E-state index contributed by atoms with van der Waals surface area (Å²) in [7, 11) is 1.84. The van der Waals surface area contributed by atoms with Crippen molar-refractivity contribution in [2.75, 3.05) is 13.6 Å². The lowest BCUT2D eigenvalue weighted by Crippen LogP contribution is -2.31. The molecule has 4 nitrogen and oxygen atoms in total. The van der Waals surface area contributed by atoms with E-state index in [1.807, 2.05) is 31.3 Å². The van der Waals surface area contributed by atoms with Crippen molar-refractivity contribution in [3.63, 3.8) is 0 Å². The summed E-state index contributed by atoms with van der Waals surface area (Å²) in [5.41, 5.74) is 2.92. The lowest BCUT2D eigenvalue weighted by molar-refractivity contribution is -0.125. The zero-order valence-electron chi connectivity index (χ0n) is 20.9. The van der Waals surface area contributed by atoms with E-state index in [9.17, 15) is 9.18 Å². The Labute approximate surface area is 213 Å². The van der Waals surface area contributed by atoms with E-state index in [0.717, 1.165) is 24.5 Å². The van der Waals surface area contributed by atoms with Crippen LogP contribution in [0, 0.1) is 24.1 Å². The molecule has 2 aromatic rings. The molecule has 1 atom stereocenters. The molecule has 2 rings (SSSR count). The molecule has 6 heteroatoms. The van der Waals surface area contributed by atoms with Gasteiger partial charge in [-0.1, -0.05) is 99.7 Å². The number of hydrogen-bond donors (Lipinski definition) is 0. The van der Waals surface area contributed by atoms with E-state index in [4.69, 9.17) is 16.9 Å². The van der Waals surface area contributed by atoms with E-state index >= 15 is 0 Å². The molecule has 184 valence electrons. The number of nitrogens with zero attached hydrogens (tertiary/aromatic N) is 3. The molecule has 1 aromatic heterocycles. The zero-order valence-corrected chi connectivity index (χ0v) is 21.6. The molecule has 35 heavy (non-hydrogen) atoms. The van der Waals surface area contributed by atoms with E-state index in [1.54, 1.807) is 23.1 Å². The van der Waals surface area contributed by atoms with Crippen molar-refractivity contribution in [2.24, 2.45) is 0 Å². The molecule has 0 radical (unpaired) electrons. The van der Waals surface area contributed by atoms with E-state index in [1.165, 1.54) is 12.5 Å². The number of pyridine rings is 1. The maximum Gasteiger partial charge on any atom is 0.254 e. The molecule has 0 saturated carbocycles. The third kappa shape index (κ3) is 9.35. The number of carbonyl (C=O) groups is 1. The van der Waals surface area contributed by atoms with Gasteiger partial charge in [-0.2, -0.15) is 5.26 Å². The quantitative estimate of drug-likeness (QED) is 0.209. The second kappa shape index (κ2) is 15.4. The summed E-state index contributed by atoms with van der Waals surface area (Å²) >= 11 is 5.50. The first-order valence-corrected chi connectivity index (χ1v) is 11.8. The number of aromatic nitrogens is 1. The second-order valence-electron chi connectivity index (χ2n) is 7.97. The molecule has 0 bridgehead atoms. The van der Waals surface area contributed by atoms with E-state index < -0.39 is 5.82 Å². The fourth-order valence-electron chi connectivity index (χ4n) is 3.19. The molecule has 1 heterocycles. The number of likely N-dealkylation sites (N-methyl/N-ethyl adjacent to an activating group) is 1. The lowest BCUT2D eigenvalue weighted by Gasteiger charge is -2.23. The van der Waals surface area contributed by atoms with Crippen LogP contribution >= 0.6 is 11.6 Å². The molecule has 0 fully saturated rings. The first-order valence-electron chi connectivity index (χ1n) is 11.4. The van der Waals surface area contributed by atoms with E-state index in [0.29, 0.717) is 12.1 Å². The number of unbranched alkanes of at least 4 members (excludes halogenated alkanes) is 1. The topological polar surface area (TPSA) is 57.0 Å². The molecule has 0 spiro atoms. The Kier molecular flexibility index (Phi) is 13.0. The smallest absolute Gasteiger partial charge is 0.254 e. The summed E-state index contributed by atoms with van der Waals surface area (Å²) in [6, 6.07) is 13.0. The van der Waals surface area contributed by atoms with Crippen LogP contribution in [0.4, 0.5) is 4.39 Å². The number of aryl methyl sites for hydroxylation is 1. The SMILES string of the molecule is C=CC(/C=C/CCC)=C(\C=C)C(=O)N(C)CC(C)c1ccccc1.Cc1nc(Cl)c(C#N)cc1F. The molecular formula is C29H33ClFN3O. The van der Waals surface area contributed by atoms with Gasteiger partial charge in [0.2, 0.25) is 0 Å². The highest BCUT2D eigenvalue weighted by Crippen LogP contribution is 2.19. The number of benzene rings is 1. The minimum atomic E-state index is -0.508. The van der Waals surface area contributed by atoms with Gasteiger partial charge in [0.1, 0.15) is 17.0 Å². The van der Waals surface area contributed by atoms with Gasteiger partial charge in [-0.25, -0.2) is 9.37 Å². The zero-order chi connectivity index (χ0) is 26.4. The predicted octanol–water partition coefficient (Wildman–Crippen LogP) is 7.33. The third-order valence-corrected chi connectivity index (χ3v) is 5.49. The van der Waals surface area contributed by atoms with Crippen LogP contribution in [0.1, 0.15) is 49.4 Å². The van der Waals surface area contributed by atoms with Crippen molar-refractivity contribution < 1.29 is 9.18 Å². The molecule has 1 aromatic carbocycles. The fourth-order valence-corrected chi connectivity index (χ4v) is 3.41. The van der Waals surface area contributed by atoms with Crippen LogP contribution in [0.15, 0.2) is 85.0 Å². The average molecular weight is 494 g/mol. The van der Waals surface area contributed by atoms with Gasteiger partial charge < -0.3 is 4.90 Å². The first-order chi connectivity index (χ1) is 16.7. The molecule has 0 N–H and O–H groups in total. The van der Waals surface area contributed by atoms with Crippen molar-refractivity contribution in [3.05, 3.63) is 113 Å². The van der Waals surface area contributed by atoms with Crippen LogP contribution in [0.25, 0.3) is 0 Å². The highest BCUT2D eigenvalue weighted by atomic mass is 35.5. The molecule has 1 unspecified atom stereocenters. The minimum absolute atomic E-state index is 0.0242. The van der Waals surface area contributed by atoms with Crippen molar-refractivity contribution in [3.8, 4) is 6.07 Å². The monoisotopic (exact) mass is 493 g/mol. The van der Waals surface area contributed by atoms with Crippen LogP contribution in [0.2, 0.25) is 5.15 Å². The van der Waals surface area contributed by atoms with Crippen molar-refractivity contribution in [1.29, 1.82) is 5.26 Å². The predicted molar refractivity (Wildman–Crippen MR) is 143 cm³/mol. The largest absolute Gasteiger partial charge is 0.341 e. The summed E-state index contributed by atoms with van der Waals surface area (Å²) in [4.78, 5) is 18.2. The molecule has 1 amide bonds. The summed E-state index contributed by atoms with van der Waals surface area (Å²) in [6.45, 7) is 14.0. The van der Waals surface area contributed by atoms with Gasteiger partial charge in [-0.3, -0.25) is 4.79 Å². The molecule has 0 aliphatic rings. The highest BCUT2D eigenvalue weighted by Gasteiger charge is 2.17. The van der Waals surface area contributed by atoms with Crippen LogP contribution in [0.3, 0.4) is 0 Å². The van der Waals surface area contributed by atoms with Crippen molar-refractivity contribution in [1.82, 2.24) is 9.88 Å². The van der Waals surface area contributed by atoms with Gasteiger partial charge in [-0.15, -0.1) is 0 Å². The van der Waals surface area contributed by atoms with Gasteiger partial charge in [0, 0.05) is 19.2 Å². The number of carbonyl (C=O) groups excluding carboxylic acids is 1. The highest BCUT2D eigenvalue weighted by molar-refractivity contribution is 6.30. The molecular weight excluding hydrogens is 461 g/mol. The van der Waals surface area contributed by atoms with Gasteiger partial charge in [0.15, 0.2) is 0 Å². The number of amides is 1. The fraction of sp³-hybridized carbons (Fsp3) is 0.276. The second-order valence-corrected chi connectivity index (χ2v) is 8.33. The molecule has 0 aliphatic heterocycles. The number of halogens is 2. The van der Waals surface area contributed by atoms with Gasteiger partial charge in [0.25, 0.3) is 5.91 Å². The number of allylic oxidation sites excluding steroid dienone is 4. The standard InChI is InChI=1S/C22H29NO.C7H4ClFN2/c1-6-9-11-14-19(7-2)21(8-3)22(24)23(5)17-18(4)20-15-12-10-13-16-20;1-4-6(9)2-5(3-10)7(8)11-4/h7-8,10-16,18H,2-3,6,9,17H2,1,4-5H3;2H,1H3/b14-11+,21-19-;. The molecule has 0 saturated heterocycles. The van der Waals surface area contributed by atoms with Crippen LogP contribution < -0.4 is 0 Å². The van der Waals surface area contributed by atoms with Gasteiger partial charge in [0.05, 0.1) is 11.3 Å². The number of hydrogen-bond acceptors (Lipinski definition) is 3. The van der Waals surface area contributed by atoms with Crippen molar-refractivity contribution in [2.45, 2.75) is 39.5 Å². The van der Waals surface area contributed by atoms with Gasteiger partial charge >= 0.3 is 0 Å². The van der Waals surface area contributed by atoms with Gasteiger partial charge in [-0.05, 0) is 36.5 Å². The van der Waals surface area contributed by atoms with Crippen LogP contribution in [0.5, 0.6) is 0 Å². The Balaban J connectivity index is 0.000000462. The Morgan fingerprint density at radius 1 is 1.29 bits per heavy atom. The maximum atomic E-state index is 12.8. The Morgan fingerprint density at radius 3 is 2.49 bits per heavy atom. The number of nitriles is 1. The summed E-state index contributed by atoms with van der Waals surface area (Å²) < 4.78 is 12.7. The van der Waals surface area contributed by atoms with E-state index in [2.05, 4.69) is 50.2 Å². The Bertz CT molecular complexity index is 1120. The normalized spacial score (nSPS) is 12.0.